The van der Waals surface area contributed by atoms with Crippen LogP contribution < -0.4 is 4.90 Å². The van der Waals surface area contributed by atoms with Crippen molar-refractivity contribution in [1.29, 1.82) is 0 Å². The largest absolute Gasteiger partial charge is 0.381 e. The molecule has 2 unspecified atom stereocenters. The molecule has 0 bridgehead atoms. The average molecular weight is 442 g/mol. The number of hydrogen-bond donors (Lipinski definition) is 1. The summed E-state index contributed by atoms with van der Waals surface area (Å²) in [6, 6.07) is 4.63. The van der Waals surface area contributed by atoms with Gasteiger partial charge in [0.15, 0.2) is 0 Å². The van der Waals surface area contributed by atoms with E-state index in [0.29, 0.717) is 0 Å². The minimum absolute atomic E-state index is 0.190. The molecule has 1 aromatic carbocycles. The molecule has 2 atom stereocenters. The molecule has 1 N–H and O–H groups in total. The van der Waals surface area contributed by atoms with Gasteiger partial charge in [0.25, 0.3) is 0 Å². The van der Waals surface area contributed by atoms with E-state index >= 15 is 0 Å². The third-order valence-electron chi connectivity index (χ3n) is 7.50. The highest BCUT2D eigenvalue weighted by Crippen LogP contribution is 2.40. The quantitative estimate of drug-likeness (QED) is 0.688. The molecule has 1 aromatic heterocycles. The molecule has 2 aliphatic heterocycles. The number of anilines is 1. The van der Waals surface area contributed by atoms with Gasteiger partial charge in [-0.2, -0.15) is 5.10 Å². The van der Waals surface area contributed by atoms with Crippen molar-refractivity contribution in [2.24, 2.45) is 5.41 Å². The van der Waals surface area contributed by atoms with Gasteiger partial charge in [-0.3, -0.25) is 4.90 Å². The van der Waals surface area contributed by atoms with E-state index in [1.54, 1.807) is 23.1 Å². The second kappa shape index (κ2) is 8.94. The Morgan fingerprint density at radius 2 is 1.88 bits per heavy atom. The first kappa shape index (κ1) is 22.9. The van der Waals surface area contributed by atoms with Crippen molar-refractivity contribution in [3.05, 3.63) is 54.4 Å². The van der Waals surface area contributed by atoms with Gasteiger partial charge in [0.05, 0.1) is 6.54 Å². The maximum Gasteiger partial charge on any atom is 0.137 e. The summed E-state index contributed by atoms with van der Waals surface area (Å²) in [5.41, 5.74) is 1.82. The molecule has 2 aliphatic rings. The van der Waals surface area contributed by atoms with Crippen LogP contribution in [0.1, 0.15) is 52.0 Å². The summed E-state index contributed by atoms with van der Waals surface area (Å²) in [6.07, 6.45) is 7.04. The molecule has 4 rings (SSSR count). The molecular formula is C25H36FN5O. The van der Waals surface area contributed by atoms with Crippen molar-refractivity contribution in [2.45, 2.75) is 64.6 Å². The summed E-state index contributed by atoms with van der Waals surface area (Å²) in [5, 5.41) is 16.6. The first-order chi connectivity index (χ1) is 15.2. The van der Waals surface area contributed by atoms with E-state index in [-0.39, 0.29) is 23.8 Å². The maximum atomic E-state index is 14.5. The predicted octanol–water partition coefficient (Wildman–Crippen LogP) is 3.97. The molecule has 6 nitrogen and oxygen atoms in total. The molecule has 0 spiro atoms. The maximum absolute atomic E-state index is 14.5. The molecule has 2 aromatic rings. The molecule has 0 radical (unpaired) electrons. The smallest absolute Gasteiger partial charge is 0.137 e. The summed E-state index contributed by atoms with van der Waals surface area (Å²) in [7, 11) is 0. The van der Waals surface area contributed by atoms with Gasteiger partial charge in [-0.1, -0.05) is 32.1 Å². The molecule has 2 saturated heterocycles. The molecule has 0 aliphatic carbocycles. The summed E-state index contributed by atoms with van der Waals surface area (Å²) >= 11 is 0. The van der Waals surface area contributed by atoms with Crippen LogP contribution >= 0.6 is 0 Å². The third kappa shape index (κ3) is 4.74. The number of likely N-dealkylation sites (tertiary alicyclic amines) is 1. The number of hydrogen-bond acceptors (Lipinski definition) is 5. The Balaban J connectivity index is 1.73. The fraction of sp³-hybridized carbons (Fsp3) is 0.600. The molecular weight excluding hydrogens is 405 g/mol. The summed E-state index contributed by atoms with van der Waals surface area (Å²) < 4.78 is 16.1. The van der Waals surface area contributed by atoms with Crippen molar-refractivity contribution < 1.29 is 9.50 Å². The van der Waals surface area contributed by atoms with Crippen LogP contribution in [0.3, 0.4) is 0 Å². The standard InChI is InChI=1S/C25H36FN5O/c1-19-7-11-29(12-8-19)20(2)25(32,16-31-18-27-17-28-31)22-6-5-21(26)15-23(22)30-13-9-24(3,4)10-14-30/h5-6,15,17-18,20,32H,1,7-14,16H2,2-4H3. The lowest BCUT2D eigenvalue weighted by molar-refractivity contribution is -0.0631. The van der Waals surface area contributed by atoms with Gasteiger partial charge in [0.2, 0.25) is 0 Å². The van der Waals surface area contributed by atoms with E-state index in [1.165, 1.54) is 18.0 Å². The fourth-order valence-corrected chi connectivity index (χ4v) is 5.02. The molecule has 174 valence electrons. The molecule has 7 heteroatoms. The lowest BCUT2D eigenvalue weighted by Gasteiger charge is -2.45. The lowest BCUT2D eigenvalue weighted by atomic mass is 9.80. The highest BCUT2D eigenvalue weighted by molar-refractivity contribution is 5.57. The van der Waals surface area contributed by atoms with E-state index in [1.807, 2.05) is 0 Å². The van der Waals surface area contributed by atoms with E-state index in [4.69, 9.17) is 0 Å². The molecule has 32 heavy (non-hydrogen) atoms. The highest BCUT2D eigenvalue weighted by atomic mass is 19.1. The number of rotatable bonds is 6. The van der Waals surface area contributed by atoms with Crippen LogP contribution in [0.25, 0.3) is 0 Å². The van der Waals surface area contributed by atoms with Gasteiger partial charge in [-0.25, -0.2) is 14.1 Å². The van der Waals surface area contributed by atoms with Gasteiger partial charge in [0.1, 0.15) is 24.1 Å². The summed E-state index contributed by atoms with van der Waals surface area (Å²) in [5.74, 6) is -0.279. The molecule has 0 saturated carbocycles. The zero-order valence-corrected chi connectivity index (χ0v) is 19.6. The van der Waals surface area contributed by atoms with Crippen LogP contribution in [0.15, 0.2) is 43.0 Å². The van der Waals surface area contributed by atoms with Crippen molar-refractivity contribution >= 4 is 5.69 Å². The topological polar surface area (TPSA) is 57.4 Å². The van der Waals surface area contributed by atoms with Gasteiger partial charge < -0.3 is 10.0 Å². The predicted molar refractivity (Wildman–Crippen MR) is 125 cm³/mol. The zero-order chi connectivity index (χ0) is 22.9. The average Bonchev–Trinajstić information content (AvgIpc) is 3.26. The van der Waals surface area contributed by atoms with Gasteiger partial charge in [-0.15, -0.1) is 0 Å². The SMILES string of the molecule is C=C1CCN(C(C)C(O)(Cn2cncn2)c2ccc(F)cc2N2CCC(C)(C)CC2)CC1. The van der Waals surface area contributed by atoms with Crippen LogP contribution in [-0.2, 0) is 12.1 Å². The van der Waals surface area contributed by atoms with Crippen LogP contribution in [0.4, 0.5) is 10.1 Å². The molecule has 0 amide bonds. The Hall–Kier alpha value is -2.25. The van der Waals surface area contributed by atoms with Gasteiger partial charge in [-0.05, 0) is 50.2 Å². The van der Waals surface area contributed by atoms with Crippen molar-refractivity contribution in [2.75, 3.05) is 31.1 Å². The first-order valence-electron chi connectivity index (χ1n) is 11.7. The monoisotopic (exact) mass is 441 g/mol. The van der Waals surface area contributed by atoms with E-state index in [2.05, 4.69) is 47.2 Å². The normalized spacial score (nSPS) is 22.5. The zero-order valence-electron chi connectivity index (χ0n) is 19.6. The number of aromatic nitrogens is 3. The number of nitrogens with zero attached hydrogens (tertiary/aromatic N) is 5. The number of benzene rings is 1. The second-order valence-electron chi connectivity index (χ2n) is 10.3. The minimum atomic E-state index is -1.26. The van der Waals surface area contributed by atoms with Crippen molar-refractivity contribution in [1.82, 2.24) is 19.7 Å². The molecule has 3 heterocycles. The van der Waals surface area contributed by atoms with E-state index < -0.39 is 5.60 Å². The lowest BCUT2D eigenvalue weighted by Crippen LogP contribution is -2.53. The van der Waals surface area contributed by atoms with Crippen molar-refractivity contribution in [3.8, 4) is 0 Å². The fourth-order valence-electron chi connectivity index (χ4n) is 5.02. The summed E-state index contributed by atoms with van der Waals surface area (Å²) in [4.78, 5) is 8.62. The number of piperidine rings is 2. The Bertz CT molecular complexity index is 924. The number of aliphatic hydroxyl groups is 1. The number of halogens is 1. The Labute approximate surface area is 190 Å². The van der Waals surface area contributed by atoms with Crippen LogP contribution in [0.2, 0.25) is 0 Å². The first-order valence-corrected chi connectivity index (χ1v) is 11.7. The van der Waals surface area contributed by atoms with Crippen LogP contribution in [0.5, 0.6) is 0 Å². The third-order valence-corrected chi connectivity index (χ3v) is 7.50. The summed E-state index contributed by atoms with van der Waals surface area (Å²) in [6.45, 7) is 14.4. The van der Waals surface area contributed by atoms with Crippen molar-refractivity contribution in [3.63, 3.8) is 0 Å². The Morgan fingerprint density at radius 1 is 1.19 bits per heavy atom. The van der Waals surface area contributed by atoms with Gasteiger partial charge in [0, 0.05) is 43.5 Å². The Morgan fingerprint density at radius 3 is 2.50 bits per heavy atom. The van der Waals surface area contributed by atoms with Crippen LogP contribution in [-0.4, -0.2) is 57.0 Å². The minimum Gasteiger partial charge on any atom is -0.381 e. The van der Waals surface area contributed by atoms with Crippen LogP contribution in [0, 0.1) is 11.2 Å². The van der Waals surface area contributed by atoms with Gasteiger partial charge >= 0.3 is 0 Å². The molecule has 2 fully saturated rings. The van der Waals surface area contributed by atoms with E-state index in [9.17, 15) is 9.50 Å². The van der Waals surface area contributed by atoms with E-state index in [0.717, 1.165) is 63.1 Å². The Kier molecular flexibility index (Phi) is 6.41. The highest BCUT2D eigenvalue weighted by Gasteiger charge is 2.43. The second-order valence-corrected chi connectivity index (χ2v) is 10.3.